The Labute approximate surface area is 176 Å². The van der Waals surface area contributed by atoms with Crippen molar-refractivity contribution in [3.63, 3.8) is 0 Å². The van der Waals surface area contributed by atoms with Crippen LogP contribution in [0.5, 0.6) is 0 Å². The van der Waals surface area contributed by atoms with Crippen molar-refractivity contribution >= 4 is 37.6 Å². The number of nitriles is 1. The van der Waals surface area contributed by atoms with Crippen molar-refractivity contribution in [2.75, 3.05) is 13.1 Å². The first-order chi connectivity index (χ1) is 13.7. The Kier molecular flexibility index (Phi) is 7.87. The molecule has 1 unspecified atom stereocenters. The summed E-state index contributed by atoms with van der Waals surface area (Å²) in [4.78, 5) is 24.6. The molecule has 2 N–H and O–H groups in total. The van der Waals surface area contributed by atoms with Crippen LogP contribution in [-0.2, 0) is 20.4 Å². The fraction of sp³-hybridized carbons (Fsp3) is 0.211. The van der Waals surface area contributed by atoms with Crippen molar-refractivity contribution in [3.05, 3.63) is 69.9 Å². The van der Waals surface area contributed by atoms with Crippen LogP contribution in [0, 0.1) is 17.1 Å². The average Bonchev–Trinajstić information content (AvgIpc) is 2.69. The van der Waals surface area contributed by atoms with E-state index < -0.39 is 45.0 Å². The minimum absolute atomic E-state index is 0.137. The minimum Gasteiger partial charge on any atom is -0.350 e. The summed E-state index contributed by atoms with van der Waals surface area (Å²) in [6.07, 6.45) is 0. The van der Waals surface area contributed by atoms with E-state index in [1.807, 2.05) is 0 Å². The van der Waals surface area contributed by atoms with E-state index in [0.29, 0.717) is 10.0 Å². The molecule has 0 spiro atoms. The number of hydrogen-bond donors (Lipinski definition) is 2. The molecule has 0 fully saturated rings. The summed E-state index contributed by atoms with van der Waals surface area (Å²) in [5.41, 5.74) is 0.437. The number of nitrogens with zero attached hydrogens (tertiary/aromatic N) is 1. The molecule has 0 heterocycles. The fourth-order valence-corrected chi connectivity index (χ4v) is 4.66. The van der Waals surface area contributed by atoms with E-state index in [0.717, 1.165) is 12.1 Å². The van der Waals surface area contributed by atoms with E-state index in [9.17, 15) is 22.4 Å². The third kappa shape index (κ3) is 6.37. The van der Waals surface area contributed by atoms with Gasteiger partial charge in [0.05, 0.1) is 11.8 Å². The van der Waals surface area contributed by atoms with Gasteiger partial charge in [-0.1, -0.05) is 34.1 Å². The second-order valence-corrected chi connectivity index (χ2v) is 9.02. The van der Waals surface area contributed by atoms with Crippen LogP contribution < -0.4 is 10.6 Å². The quantitative estimate of drug-likeness (QED) is 0.558. The summed E-state index contributed by atoms with van der Waals surface area (Å²) in [5, 5.41) is 11.6. The van der Waals surface area contributed by atoms with Crippen molar-refractivity contribution < 1.29 is 22.4 Å². The molecule has 0 bridgehead atoms. The van der Waals surface area contributed by atoms with Crippen molar-refractivity contribution in [2.45, 2.75) is 11.0 Å². The highest BCUT2D eigenvalue weighted by Crippen LogP contribution is 2.22. The van der Waals surface area contributed by atoms with E-state index in [2.05, 4.69) is 26.6 Å². The number of rotatable bonds is 8. The maximum atomic E-state index is 13.5. The summed E-state index contributed by atoms with van der Waals surface area (Å²) in [7, 11) is -4.16. The average molecular weight is 482 g/mol. The molecule has 152 valence electrons. The molecule has 10 heteroatoms. The third-order valence-electron chi connectivity index (χ3n) is 3.92. The molecule has 2 aromatic carbocycles. The van der Waals surface area contributed by atoms with E-state index >= 15 is 0 Å². The van der Waals surface area contributed by atoms with Crippen molar-refractivity contribution in [3.8, 4) is 6.07 Å². The first-order valence-electron chi connectivity index (χ1n) is 8.38. The monoisotopic (exact) mass is 481 g/mol. The Morgan fingerprint density at radius 2 is 1.83 bits per heavy atom. The number of amides is 2. The van der Waals surface area contributed by atoms with Crippen LogP contribution in [0.3, 0.4) is 0 Å². The Balaban J connectivity index is 2.24. The first kappa shape index (κ1) is 22.5. The second-order valence-electron chi connectivity index (χ2n) is 5.98. The van der Waals surface area contributed by atoms with Gasteiger partial charge >= 0.3 is 0 Å². The number of nitrogens with one attached hydrogen (secondary N) is 2. The van der Waals surface area contributed by atoms with Crippen LogP contribution in [0.15, 0.2) is 53.0 Å². The first-order valence-corrected chi connectivity index (χ1v) is 10.9. The van der Waals surface area contributed by atoms with Crippen LogP contribution in [0.4, 0.5) is 4.39 Å². The van der Waals surface area contributed by atoms with Gasteiger partial charge in [0.15, 0.2) is 15.1 Å². The third-order valence-corrected chi connectivity index (χ3v) is 6.65. The molecule has 0 aliphatic rings. The molecule has 29 heavy (non-hydrogen) atoms. The summed E-state index contributed by atoms with van der Waals surface area (Å²) in [6, 6.07) is 13.4. The predicted molar refractivity (Wildman–Crippen MR) is 108 cm³/mol. The zero-order valence-corrected chi connectivity index (χ0v) is 17.5. The SMILES string of the molecule is N#CCNC(=O)C(CNC(=O)c1ccccc1)S(=O)(=O)Cc1cc(F)ccc1Br. The molecular weight excluding hydrogens is 465 g/mol. The Bertz CT molecular complexity index is 1040. The zero-order valence-electron chi connectivity index (χ0n) is 15.1. The van der Waals surface area contributed by atoms with Gasteiger partial charge in [0.1, 0.15) is 12.4 Å². The molecule has 0 aliphatic carbocycles. The molecule has 0 saturated carbocycles. The van der Waals surface area contributed by atoms with Crippen LogP contribution in [-0.4, -0.2) is 38.6 Å². The maximum absolute atomic E-state index is 13.5. The van der Waals surface area contributed by atoms with Crippen LogP contribution >= 0.6 is 15.9 Å². The smallest absolute Gasteiger partial charge is 0.251 e. The standard InChI is InChI=1S/C19H17BrFN3O4S/c20-16-7-6-15(21)10-14(16)12-29(27,28)17(19(26)23-9-8-22)11-24-18(25)13-4-2-1-3-5-13/h1-7,10,17H,9,11-12H2,(H,23,26)(H,24,25). The summed E-state index contributed by atoms with van der Waals surface area (Å²) < 4.78 is 39.6. The molecule has 2 amide bonds. The lowest BCUT2D eigenvalue weighted by atomic mass is 10.2. The summed E-state index contributed by atoms with van der Waals surface area (Å²) >= 11 is 3.16. The number of carbonyl (C=O) groups is 2. The topological polar surface area (TPSA) is 116 Å². The van der Waals surface area contributed by atoms with Crippen LogP contribution in [0.1, 0.15) is 15.9 Å². The summed E-state index contributed by atoms with van der Waals surface area (Å²) in [5.74, 6) is -2.73. The Hall–Kier alpha value is -2.77. The fourth-order valence-electron chi connectivity index (χ4n) is 2.47. The lowest BCUT2D eigenvalue weighted by molar-refractivity contribution is -0.120. The molecule has 2 aromatic rings. The molecule has 0 radical (unpaired) electrons. The maximum Gasteiger partial charge on any atom is 0.251 e. The van der Waals surface area contributed by atoms with Crippen molar-refractivity contribution in [1.82, 2.24) is 10.6 Å². The summed E-state index contributed by atoms with van der Waals surface area (Å²) in [6.45, 7) is -0.887. The van der Waals surface area contributed by atoms with Gasteiger partial charge in [-0.2, -0.15) is 5.26 Å². The predicted octanol–water partition coefficient (Wildman–Crippen LogP) is 1.94. The van der Waals surface area contributed by atoms with Crippen molar-refractivity contribution in [1.29, 1.82) is 5.26 Å². The molecular formula is C19H17BrFN3O4S. The molecule has 2 rings (SSSR count). The number of halogens is 2. The van der Waals surface area contributed by atoms with E-state index in [1.54, 1.807) is 36.4 Å². The van der Waals surface area contributed by atoms with E-state index in [4.69, 9.17) is 5.26 Å². The Morgan fingerprint density at radius 1 is 1.14 bits per heavy atom. The normalized spacial score (nSPS) is 11.9. The largest absolute Gasteiger partial charge is 0.350 e. The van der Waals surface area contributed by atoms with Crippen LogP contribution in [0.25, 0.3) is 0 Å². The van der Waals surface area contributed by atoms with Crippen LogP contribution in [0.2, 0.25) is 0 Å². The number of carbonyl (C=O) groups excluding carboxylic acids is 2. The molecule has 0 saturated heterocycles. The van der Waals surface area contributed by atoms with Gasteiger partial charge in [-0.15, -0.1) is 0 Å². The van der Waals surface area contributed by atoms with E-state index in [-0.39, 0.29) is 12.1 Å². The highest BCUT2D eigenvalue weighted by Gasteiger charge is 2.33. The van der Waals surface area contributed by atoms with Gasteiger partial charge in [-0.25, -0.2) is 12.8 Å². The van der Waals surface area contributed by atoms with Gasteiger partial charge in [-0.05, 0) is 35.9 Å². The second kappa shape index (κ2) is 10.1. The number of benzene rings is 2. The number of sulfone groups is 1. The van der Waals surface area contributed by atoms with Gasteiger partial charge in [0.2, 0.25) is 5.91 Å². The highest BCUT2D eigenvalue weighted by atomic mass is 79.9. The lowest BCUT2D eigenvalue weighted by Gasteiger charge is -2.18. The highest BCUT2D eigenvalue weighted by molar-refractivity contribution is 9.10. The Morgan fingerprint density at radius 3 is 2.48 bits per heavy atom. The molecule has 7 nitrogen and oxygen atoms in total. The number of hydrogen-bond acceptors (Lipinski definition) is 5. The van der Waals surface area contributed by atoms with Gasteiger partial charge < -0.3 is 10.6 Å². The van der Waals surface area contributed by atoms with Gasteiger partial charge in [-0.3, -0.25) is 9.59 Å². The molecule has 0 aliphatic heterocycles. The molecule has 0 aromatic heterocycles. The lowest BCUT2D eigenvalue weighted by Crippen LogP contribution is -2.47. The zero-order chi connectivity index (χ0) is 21.4. The minimum atomic E-state index is -4.16. The van der Waals surface area contributed by atoms with E-state index in [1.165, 1.54) is 6.07 Å². The molecule has 1 atom stereocenters. The van der Waals surface area contributed by atoms with Crippen molar-refractivity contribution in [2.24, 2.45) is 0 Å². The van der Waals surface area contributed by atoms with Gasteiger partial charge in [0.25, 0.3) is 5.91 Å². The van der Waals surface area contributed by atoms with Gasteiger partial charge in [0, 0.05) is 16.6 Å².